The molecule has 31 heavy (non-hydrogen) atoms. The Morgan fingerprint density at radius 2 is 1.87 bits per heavy atom. The number of rotatable bonds is 4. The normalized spacial score (nSPS) is 18.5. The smallest absolute Gasteiger partial charge is 0.389 e. The predicted octanol–water partition coefficient (Wildman–Crippen LogP) is 4.79. The van der Waals surface area contributed by atoms with Crippen molar-refractivity contribution in [1.82, 2.24) is 15.0 Å². The number of benzene rings is 2. The quantitative estimate of drug-likeness (QED) is 0.537. The second-order valence-corrected chi connectivity index (χ2v) is 8.05. The maximum Gasteiger partial charge on any atom is 0.435 e. The molecule has 4 rings (SSSR count). The van der Waals surface area contributed by atoms with Crippen molar-refractivity contribution in [2.45, 2.75) is 18.2 Å². The summed E-state index contributed by atoms with van der Waals surface area (Å²) >= 11 is 17.0. The van der Waals surface area contributed by atoms with Crippen molar-refractivity contribution in [3.05, 3.63) is 75.5 Å². The minimum Gasteiger partial charge on any atom is -0.389 e. The number of thiocarbonyl (C=S) groups is 1. The van der Waals surface area contributed by atoms with Gasteiger partial charge >= 0.3 is 6.18 Å². The van der Waals surface area contributed by atoms with Crippen LogP contribution in [0.4, 0.5) is 13.2 Å². The first-order valence-corrected chi connectivity index (χ1v) is 9.86. The monoisotopic (exact) mass is 485 g/mol. The van der Waals surface area contributed by atoms with Gasteiger partial charge in [0.25, 0.3) is 5.60 Å². The molecular weight excluding hydrogens is 474 g/mol. The first-order chi connectivity index (χ1) is 14.6. The lowest BCUT2D eigenvalue weighted by Crippen LogP contribution is -2.42. The van der Waals surface area contributed by atoms with Crippen molar-refractivity contribution < 1.29 is 18.0 Å². The number of alkyl halides is 3. The van der Waals surface area contributed by atoms with Crippen LogP contribution in [0.1, 0.15) is 23.1 Å². The molecule has 0 amide bonds. The van der Waals surface area contributed by atoms with Crippen LogP contribution in [0.3, 0.4) is 0 Å². The summed E-state index contributed by atoms with van der Waals surface area (Å²) in [4.78, 5) is 5.06. The number of aromatic nitrogens is 3. The molecule has 2 aromatic carbocycles. The van der Waals surface area contributed by atoms with E-state index >= 15 is 0 Å². The van der Waals surface area contributed by atoms with Gasteiger partial charge in [0.2, 0.25) is 0 Å². The summed E-state index contributed by atoms with van der Waals surface area (Å²) in [6.07, 6.45) is -2.32. The van der Waals surface area contributed by atoms with E-state index in [1.54, 1.807) is 24.4 Å². The third-order valence-electron chi connectivity index (χ3n) is 4.78. The fourth-order valence-electron chi connectivity index (χ4n) is 3.29. The Morgan fingerprint density at radius 1 is 1.16 bits per heavy atom. The lowest BCUT2D eigenvalue weighted by atomic mass is 9.86. The summed E-state index contributed by atoms with van der Waals surface area (Å²) in [5.74, 6) is 0. The molecule has 2 N–H and O–H groups in total. The maximum absolute atomic E-state index is 14.2. The summed E-state index contributed by atoms with van der Waals surface area (Å²) in [5.41, 5.74) is 4.20. The van der Waals surface area contributed by atoms with Crippen LogP contribution < -0.4 is 5.73 Å². The zero-order chi connectivity index (χ0) is 22.4. The van der Waals surface area contributed by atoms with Gasteiger partial charge in [0.15, 0.2) is 0 Å². The number of halogens is 5. The van der Waals surface area contributed by atoms with E-state index in [-0.39, 0.29) is 26.3 Å². The Hall–Kier alpha value is -2.69. The average Bonchev–Trinajstić information content (AvgIpc) is 3.37. The van der Waals surface area contributed by atoms with E-state index in [2.05, 4.69) is 15.5 Å². The molecule has 2 heterocycles. The van der Waals surface area contributed by atoms with Gasteiger partial charge in [0, 0.05) is 33.2 Å². The van der Waals surface area contributed by atoms with E-state index in [0.29, 0.717) is 16.8 Å². The number of hydrogen-bond acceptors (Lipinski definition) is 5. The predicted molar refractivity (Wildman–Crippen MR) is 114 cm³/mol. The Kier molecular flexibility index (Phi) is 5.40. The molecule has 1 aliphatic heterocycles. The van der Waals surface area contributed by atoms with E-state index in [0.717, 1.165) is 12.1 Å². The van der Waals surface area contributed by atoms with E-state index in [4.69, 9.17) is 46.0 Å². The third kappa shape index (κ3) is 3.86. The van der Waals surface area contributed by atoms with Crippen LogP contribution in [-0.4, -0.2) is 31.9 Å². The summed E-state index contributed by atoms with van der Waals surface area (Å²) in [6.45, 7) is 0. The molecule has 0 spiro atoms. The number of nitrogens with zero attached hydrogens (tertiary/aromatic N) is 4. The number of hydrogen-bond donors (Lipinski definition) is 1. The van der Waals surface area contributed by atoms with Crippen LogP contribution in [0.5, 0.6) is 0 Å². The van der Waals surface area contributed by atoms with Gasteiger partial charge in [-0.1, -0.05) is 51.9 Å². The zero-order valence-electron chi connectivity index (χ0n) is 15.4. The minimum absolute atomic E-state index is 0.0376. The highest BCUT2D eigenvalue weighted by molar-refractivity contribution is 7.80. The third-order valence-corrected chi connectivity index (χ3v) is 5.44. The van der Waals surface area contributed by atoms with Gasteiger partial charge in [-0.2, -0.15) is 13.2 Å². The minimum atomic E-state index is -4.79. The molecule has 0 bridgehead atoms. The molecule has 0 saturated carbocycles. The molecule has 12 heteroatoms. The van der Waals surface area contributed by atoms with Gasteiger partial charge in [-0.3, -0.25) is 0 Å². The molecular formula is C19H12Cl2F3N5OS. The summed E-state index contributed by atoms with van der Waals surface area (Å²) in [7, 11) is 0. The molecule has 3 aromatic rings. The van der Waals surface area contributed by atoms with Gasteiger partial charge in [0.05, 0.1) is 23.8 Å². The lowest BCUT2D eigenvalue weighted by Gasteiger charge is -2.29. The van der Waals surface area contributed by atoms with Crippen molar-refractivity contribution in [2.75, 3.05) is 0 Å². The number of nitrogens with two attached hydrogens (primary N) is 1. The van der Waals surface area contributed by atoms with Crippen LogP contribution in [0.15, 0.2) is 53.9 Å². The molecule has 0 saturated heterocycles. The zero-order valence-corrected chi connectivity index (χ0v) is 17.7. The molecule has 160 valence electrons. The van der Waals surface area contributed by atoms with Crippen molar-refractivity contribution in [2.24, 2.45) is 10.9 Å². The second kappa shape index (κ2) is 7.77. The molecule has 1 aromatic heterocycles. The average molecular weight is 486 g/mol. The highest BCUT2D eigenvalue weighted by Crippen LogP contribution is 2.49. The Labute approximate surface area is 189 Å². The van der Waals surface area contributed by atoms with E-state index < -0.39 is 18.2 Å². The van der Waals surface area contributed by atoms with Crippen molar-refractivity contribution in [3.63, 3.8) is 0 Å². The van der Waals surface area contributed by atoms with Crippen molar-refractivity contribution in [1.29, 1.82) is 0 Å². The van der Waals surface area contributed by atoms with Gasteiger partial charge in [-0.25, -0.2) is 4.68 Å². The molecule has 6 nitrogen and oxygen atoms in total. The largest absolute Gasteiger partial charge is 0.435 e. The topological polar surface area (TPSA) is 78.3 Å². The molecule has 1 aliphatic rings. The Morgan fingerprint density at radius 3 is 2.45 bits per heavy atom. The van der Waals surface area contributed by atoms with Crippen molar-refractivity contribution >= 4 is 46.1 Å². The second-order valence-electron chi connectivity index (χ2n) is 6.73. The Bertz CT molecular complexity index is 1180. The fraction of sp³-hybridized carbons (Fsp3) is 0.158. The summed E-state index contributed by atoms with van der Waals surface area (Å²) in [6, 6.07) is 8.40. The van der Waals surface area contributed by atoms with Crippen LogP contribution in [0.2, 0.25) is 10.0 Å². The molecule has 0 radical (unpaired) electrons. The maximum atomic E-state index is 14.2. The van der Waals surface area contributed by atoms with E-state index in [1.807, 2.05) is 0 Å². The SMILES string of the molecule is NC(=S)c1cc(C2=NOC(c3cc(Cl)cc(Cl)c3)(C(F)(F)F)C2)ccc1-n1ccnn1. The van der Waals surface area contributed by atoms with Crippen LogP contribution in [-0.2, 0) is 10.4 Å². The van der Waals surface area contributed by atoms with Crippen LogP contribution in [0.25, 0.3) is 5.69 Å². The van der Waals surface area contributed by atoms with Gasteiger partial charge < -0.3 is 10.6 Å². The summed E-state index contributed by atoms with van der Waals surface area (Å²) in [5, 5.41) is 11.5. The van der Waals surface area contributed by atoms with Gasteiger partial charge in [-0.05, 0) is 30.3 Å². The van der Waals surface area contributed by atoms with E-state index in [9.17, 15) is 13.2 Å². The molecule has 1 unspecified atom stereocenters. The van der Waals surface area contributed by atoms with E-state index in [1.165, 1.54) is 16.9 Å². The van der Waals surface area contributed by atoms with Gasteiger partial charge in [-0.15, -0.1) is 5.10 Å². The standard InChI is InChI=1S/C19H12Cl2F3N5OS/c20-12-6-11(7-13(21)8-12)18(19(22,23)24)9-15(27-30-18)10-1-2-16(14(5-10)17(25)31)29-4-3-26-28-29/h1-8H,9H2,(H2,25,31). The first kappa shape index (κ1) is 21.5. The van der Waals surface area contributed by atoms with Gasteiger partial charge in [0.1, 0.15) is 4.99 Å². The van der Waals surface area contributed by atoms with Crippen LogP contribution in [0, 0.1) is 0 Å². The number of oxime groups is 1. The van der Waals surface area contributed by atoms with Crippen molar-refractivity contribution in [3.8, 4) is 5.69 Å². The highest BCUT2D eigenvalue weighted by atomic mass is 35.5. The molecule has 0 aliphatic carbocycles. The first-order valence-electron chi connectivity index (χ1n) is 8.70. The van der Waals surface area contributed by atoms with Crippen LogP contribution >= 0.6 is 35.4 Å². The fourth-order valence-corrected chi connectivity index (χ4v) is 3.98. The highest BCUT2D eigenvalue weighted by Gasteiger charge is 2.62. The molecule has 0 fully saturated rings. The lowest BCUT2D eigenvalue weighted by molar-refractivity contribution is -0.275. The summed E-state index contributed by atoms with van der Waals surface area (Å²) < 4.78 is 43.9. The Balaban J connectivity index is 1.76. The molecule has 1 atom stereocenters.